The summed E-state index contributed by atoms with van der Waals surface area (Å²) in [4.78, 5) is 4.29. The number of rotatable bonds is 5. The van der Waals surface area contributed by atoms with Gasteiger partial charge in [-0.2, -0.15) is 0 Å². The number of benzene rings is 1. The van der Waals surface area contributed by atoms with Gasteiger partial charge in [-0.05, 0) is 37.7 Å². The number of nitrogens with two attached hydrogens (primary N) is 1. The van der Waals surface area contributed by atoms with Gasteiger partial charge in [-0.25, -0.2) is 4.98 Å². The summed E-state index contributed by atoms with van der Waals surface area (Å²) in [5.74, 6) is 0.888. The average molecular weight is 231 g/mol. The van der Waals surface area contributed by atoms with Crippen LogP contribution in [0.2, 0.25) is 0 Å². The summed E-state index contributed by atoms with van der Waals surface area (Å²) in [5, 5.41) is 0. The van der Waals surface area contributed by atoms with E-state index in [1.54, 1.807) is 6.33 Å². The van der Waals surface area contributed by atoms with Gasteiger partial charge in [-0.15, -0.1) is 0 Å². The van der Waals surface area contributed by atoms with Crippen molar-refractivity contribution in [3.63, 3.8) is 0 Å². The third kappa shape index (κ3) is 2.85. The molecule has 0 amide bonds. The first-order chi connectivity index (χ1) is 8.33. The molecule has 17 heavy (non-hydrogen) atoms. The van der Waals surface area contributed by atoms with Crippen molar-refractivity contribution < 1.29 is 4.74 Å². The van der Waals surface area contributed by atoms with Gasteiger partial charge in [-0.3, -0.25) is 0 Å². The molecule has 90 valence electrons. The van der Waals surface area contributed by atoms with E-state index < -0.39 is 0 Å². The fourth-order valence-electron chi connectivity index (χ4n) is 1.66. The van der Waals surface area contributed by atoms with E-state index in [4.69, 9.17) is 10.5 Å². The first kappa shape index (κ1) is 11.7. The van der Waals surface area contributed by atoms with Crippen molar-refractivity contribution in [3.05, 3.63) is 42.5 Å². The van der Waals surface area contributed by atoms with E-state index in [-0.39, 0.29) is 0 Å². The molecule has 2 N–H and O–H groups in total. The standard InChI is InChI=1S/C13H17N3O/c1-2-17-13-5-3-12(4-6-13)16-9-11(7-8-14)15-10-16/h3-6,9-10H,2,7-8,14H2,1H3. The summed E-state index contributed by atoms with van der Waals surface area (Å²) in [6.07, 6.45) is 4.62. The molecule has 0 spiro atoms. The highest BCUT2D eigenvalue weighted by Crippen LogP contribution is 2.15. The third-order valence-electron chi connectivity index (χ3n) is 2.48. The van der Waals surface area contributed by atoms with Crippen molar-refractivity contribution >= 4 is 0 Å². The van der Waals surface area contributed by atoms with Crippen LogP contribution in [0.5, 0.6) is 5.75 Å². The van der Waals surface area contributed by atoms with E-state index in [9.17, 15) is 0 Å². The zero-order chi connectivity index (χ0) is 12.1. The van der Waals surface area contributed by atoms with Crippen molar-refractivity contribution in [2.24, 2.45) is 5.73 Å². The molecule has 0 aliphatic heterocycles. The lowest BCUT2D eigenvalue weighted by molar-refractivity contribution is 0.340. The zero-order valence-electron chi connectivity index (χ0n) is 9.97. The summed E-state index contributed by atoms with van der Waals surface area (Å²) in [7, 11) is 0. The topological polar surface area (TPSA) is 53.1 Å². The summed E-state index contributed by atoms with van der Waals surface area (Å²) in [6, 6.07) is 7.95. The number of hydrogen-bond donors (Lipinski definition) is 1. The van der Waals surface area contributed by atoms with Gasteiger partial charge in [0.2, 0.25) is 0 Å². The maximum atomic E-state index is 5.50. The van der Waals surface area contributed by atoms with Crippen LogP contribution in [0.3, 0.4) is 0 Å². The van der Waals surface area contributed by atoms with Gasteiger partial charge in [0.25, 0.3) is 0 Å². The maximum Gasteiger partial charge on any atom is 0.119 e. The molecule has 0 aliphatic rings. The highest BCUT2D eigenvalue weighted by molar-refractivity contribution is 5.37. The lowest BCUT2D eigenvalue weighted by atomic mass is 10.3. The summed E-state index contributed by atoms with van der Waals surface area (Å²) >= 11 is 0. The Morgan fingerprint density at radius 3 is 2.71 bits per heavy atom. The lowest BCUT2D eigenvalue weighted by Gasteiger charge is -2.05. The molecule has 0 atom stereocenters. The molecule has 1 heterocycles. The molecular formula is C13H17N3O. The van der Waals surface area contributed by atoms with Gasteiger partial charge in [-0.1, -0.05) is 0 Å². The normalized spacial score (nSPS) is 10.5. The predicted octanol–water partition coefficient (Wildman–Crippen LogP) is 1.77. The van der Waals surface area contributed by atoms with Crippen molar-refractivity contribution in [2.75, 3.05) is 13.2 Å². The SMILES string of the molecule is CCOc1ccc(-n2cnc(CCN)c2)cc1. The number of hydrogen-bond acceptors (Lipinski definition) is 3. The van der Waals surface area contributed by atoms with Crippen LogP contribution in [0.15, 0.2) is 36.8 Å². The fourth-order valence-corrected chi connectivity index (χ4v) is 1.66. The number of imidazole rings is 1. The minimum Gasteiger partial charge on any atom is -0.494 e. The van der Waals surface area contributed by atoms with Gasteiger partial charge in [0.1, 0.15) is 5.75 Å². The van der Waals surface area contributed by atoms with Crippen LogP contribution in [-0.2, 0) is 6.42 Å². The van der Waals surface area contributed by atoms with Crippen LogP contribution >= 0.6 is 0 Å². The molecule has 4 nitrogen and oxygen atoms in total. The molecule has 0 saturated carbocycles. The van der Waals surface area contributed by atoms with Gasteiger partial charge in [0, 0.05) is 18.3 Å². The molecule has 0 aliphatic carbocycles. The second-order valence-electron chi connectivity index (χ2n) is 3.74. The predicted molar refractivity (Wildman–Crippen MR) is 67.5 cm³/mol. The number of nitrogens with zero attached hydrogens (tertiary/aromatic N) is 2. The maximum absolute atomic E-state index is 5.50. The van der Waals surface area contributed by atoms with Crippen molar-refractivity contribution in [1.82, 2.24) is 9.55 Å². The van der Waals surface area contributed by atoms with E-state index in [0.717, 1.165) is 23.6 Å². The van der Waals surface area contributed by atoms with Crippen LogP contribution in [-0.4, -0.2) is 22.7 Å². The molecule has 1 aromatic carbocycles. The van der Waals surface area contributed by atoms with E-state index in [0.29, 0.717) is 13.2 Å². The molecule has 1 aromatic heterocycles. The van der Waals surface area contributed by atoms with Gasteiger partial charge < -0.3 is 15.0 Å². The molecule has 4 heteroatoms. The highest BCUT2D eigenvalue weighted by atomic mass is 16.5. The molecule has 0 radical (unpaired) electrons. The third-order valence-corrected chi connectivity index (χ3v) is 2.48. The van der Waals surface area contributed by atoms with Crippen LogP contribution in [0.25, 0.3) is 5.69 Å². The second kappa shape index (κ2) is 5.50. The molecule has 0 unspecified atom stereocenters. The van der Waals surface area contributed by atoms with E-state index in [2.05, 4.69) is 4.98 Å². The van der Waals surface area contributed by atoms with E-state index in [1.165, 1.54) is 0 Å². The number of aromatic nitrogens is 2. The van der Waals surface area contributed by atoms with Crippen LogP contribution in [0.1, 0.15) is 12.6 Å². The molecule has 0 bridgehead atoms. The van der Waals surface area contributed by atoms with Crippen LogP contribution in [0, 0.1) is 0 Å². The zero-order valence-corrected chi connectivity index (χ0v) is 9.97. The summed E-state index contributed by atoms with van der Waals surface area (Å²) < 4.78 is 7.39. The quantitative estimate of drug-likeness (QED) is 0.853. The van der Waals surface area contributed by atoms with E-state index in [1.807, 2.05) is 42.0 Å². The summed E-state index contributed by atoms with van der Waals surface area (Å²) in [6.45, 7) is 3.29. The minimum atomic E-state index is 0.625. The Morgan fingerprint density at radius 2 is 2.06 bits per heavy atom. The molecule has 2 aromatic rings. The molecular weight excluding hydrogens is 214 g/mol. The van der Waals surface area contributed by atoms with Gasteiger partial charge >= 0.3 is 0 Å². The monoisotopic (exact) mass is 231 g/mol. The van der Waals surface area contributed by atoms with Crippen molar-refractivity contribution in [3.8, 4) is 11.4 Å². The first-order valence-electron chi connectivity index (χ1n) is 5.79. The summed E-state index contributed by atoms with van der Waals surface area (Å²) in [5.41, 5.74) is 7.58. The number of ether oxygens (including phenoxy) is 1. The largest absolute Gasteiger partial charge is 0.494 e. The lowest BCUT2D eigenvalue weighted by Crippen LogP contribution is -2.02. The Kier molecular flexibility index (Phi) is 3.77. The fraction of sp³-hybridized carbons (Fsp3) is 0.308. The smallest absolute Gasteiger partial charge is 0.119 e. The second-order valence-corrected chi connectivity index (χ2v) is 3.74. The molecule has 0 fully saturated rings. The Morgan fingerprint density at radius 1 is 1.29 bits per heavy atom. The van der Waals surface area contributed by atoms with Crippen LogP contribution in [0.4, 0.5) is 0 Å². The Balaban J connectivity index is 2.15. The molecule has 2 rings (SSSR count). The van der Waals surface area contributed by atoms with Gasteiger partial charge in [0.05, 0.1) is 18.6 Å². The van der Waals surface area contributed by atoms with Crippen molar-refractivity contribution in [1.29, 1.82) is 0 Å². The van der Waals surface area contributed by atoms with Crippen LogP contribution < -0.4 is 10.5 Å². The average Bonchev–Trinajstić information content (AvgIpc) is 2.80. The Labute approximate surface area is 101 Å². The van der Waals surface area contributed by atoms with Crippen molar-refractivity contribution in [2.45, 2.75) is 13.3 Å². The highest BCUT2D eigenvalue weighted by Gasteiger charge is 2.00. The Hall–Kier alpha value is -1.81. The molecule has 0 saturated heterocycles. The minimum absolute atomic E-state index is 0.625. The first-order valence-corrected chi connectivity index (χ1v) is 5.79. The van der Waals surface area contributed by atoms with Gasteiger partial charge in [0.15, 0.2) is 0 Å². The Bertz CT molecular complexity index is 462. The van der Waals surface area contributed by atoms with E-state index >= 15 is 0 Å².